The lowest BCUT2D eigenvalue weighted by Gasteiger charge is -2.05. The van der Waals surface area contributed by atoms with Crippen molar-refractivity contribution in [2.45, 2.75) is 10.6 Å². The molecule has 78 valence electrons. The van der Waals surface area contributed by atoms with Gasteiger partial charge in [0.05, 0.1) is 10.8 Å². The smallest absolute Gasteiger partial charge is 0.236 e. The van der Waals surface area contributed by atoms with Crippen LogP contribution < -0.4 is 5.73 Å². The van der Waals surface area contributed by atoms with Gasteiger partial charge in [-0.2, -0.15) is 4.98 Å². The van der Waals surface area contributed by atoms with Crippen LogP contribution >= 0.6 is 23.4 Å². The van der Waals surface area contributed by atoms with Gasteiger partial charge in [0.25, 0.3) is 0 Å². The van der Waals surface area contributed by atoms with Crippen molar-refractivity contribution < 1.29 is 4.52 Å². The van der Waals surface area contributed by atoms with Crippen LogP contribution in [0.5, 0.6) is 0 Å². The lowest BCUT2D eigenvalue weighted by Crippen LogP contribution is -1.89. The predicted octanol–water partition coefficient (Wildman–Crippen LogP) is 2.60. The minimum Gasteiger partial charge on any atom is -0.398 e. The van der Waals surface area contributed by atoms with E-state index in [0.717, 1.165) is 4.90 Å². The predicted molar refractivity (Wildman–Crippen MR) is 59.7 cm³/mol. The summed E-state index contributed by atoms with van der Waals surface area (Å²) in [6.45, 7) is 0. The second kappa shape index (κ2) is 4.55. The molecule has 0 aliphatic carbocycles. The number of hydrogen-bond donors (Lipinski definition) is 1. The lowest BCUT2D eigenvalue weighted by atomic mass is 10.3. The Balaban J connectivity index is 2.11. The first-order valence-corrected chi connectivity index (χ1v) is 5.56. The molecule has 2 N–H and O–H groups in total. The maximum absolute atomic E-state index is 6.00. The summed E-state index contributed by atoms with van der Waals surface area (Å²) >= 11 is 7.48. The summed E-state index contributed by atoms with van der Waals surface area (Å²) in [5, 5.41) is 4.15. The zero-order chi connectivity index (χ0) is 10.7. The van der Waals surface area contributed by atoms with Crippen molar-refractivity contribution in [2.75, 3.05) is 5.73 Å². The first-order valence-electron chi connectivity index (χ1n) is 4.19. The first kappa shape index (κ1) is 10.3. The fraction of sp³-hybridized carbons (Fsp3) is 0.111. The monoisotopic (exact) mass is 241 g/mol. The Labute approximate surface area is 95.8 Å². The van der Waals surface area contributed by atoms with Crippen LogP contribution in [0.25, 0.3) is 0 Å². The highest BCUT2D eigenvalue weighted by atomic mass is 35.5. The largest absolute Gasteiger partial charge is 0.398 e. The third-order valence-electron chi connectivity index (χ3n) is 1.74. The van der Waals surface area contributed by atoms with Crippen LogP contribution in [-0.4, -0.2) is 10.1 Å². The maximum Gasteiger partial charge on any atom is 0.236 e. The van der Waals surface area contributed by atoms with Gasteiger partial charge >= 0.3 is 0 Å². The number of hydrogen-bond acceptors (Lipinski definition) is 5. The van der Waals surface area contributed by atoms with Crippen molar-refractivity contribution in [1.82, 2.24) is 10.1 Å². The first-order chi connectivity index (χ1) is 7.27. The Bertz CT molecular complexity index is 426. The third-order valence-corrected chi connectivity index (χ3v) is 3.31. The molecule has 0 bridgehead atoms. The van der Waals surface area contributed by atoms with Gasteiger partial charge < -0.3 is 10.3 Å². The van der Waals surface area contributed by atoms with E-state index in [1.165, 1.54) is 18.1 Å². The molecular formula is C9H8ClN3OS. The number of aromatic nitrogens is 2. The third kappa shape index (κ3) is 2.43. The fourth-order valence-electron chi connectivity index (χ4n) is 1.07. The highest BCUT2D eigenvalue weighted by Crippen LogP contribution is 2.33. The summed E-state index contributed by atoms with van der Waals surface area (Å²) in [5.41, 5.74) is 6.45. The molecule has 0 saturated heterocycles. The van der Waals surface area contributed by atoms with E-state index in [2.05, 4.69) is 10.1 Å². The standard InChI is InChI=1S/C9H8ClN3OS/c10-6-2-1-3-7(11)9(6)15-4-8-12-5-13-14-8/h1-3,5H,4,11H2. The normalized spacial score (nSPS) is 10.5. The molecule has 0 unspecified atom stereocenters. The topological polar surface area (TPSA) is 64.9 Å². The van der Waals surface area contributed by atoms with Gasteiger partial charge in [-0.1, -0.05) is 22.8 Å². The quantitative estimate of drug-likeness (QED) is 0.661. The number of nitrogen functional groups attached to an aromatic ring is 1. The second-order valence-corrected chi connectivity index (χ2v) is 4.17. The summed E-state index contributed by atoms with van der Waals surface area (Å²) in [5.74, 6) is 1.12. The van der Waals surface area contributed by atoms with Gasteiger partial charge in [0, 0.05) is 10.6 Å². The van der Waals surface area contributed by atoms with Crippen molar-refractivity contribution in [2.24, 2.45) is 0 Å². The summed E-state index contributed by atoms with van der Waals surface area (Å²) in [6, 6.07) is 5.42. The highest BCUT2D eigenvalue weighted by molar-refractivity contribution is 7.98. The molecule has 2 aromatic rings. The number of nitrogens with zero attached hydrogens (tertiary/aromatic N) is 2. The number of anilines is 1. The molecule has 2 rings (SSSR count). The van der Waals surface area contributed by atoms with Crippen molar-refractivity contribution in [3.05, 3.63) is 35.4 Å². The van der Waals surface area contributed by atoms with Crippen LogP contribution in [0.15, 0.2) is 33.9 Å². The zero-order valence-corrected chi connectivity index (χ0v) is 9.26. The van der Waals surface area contributed by atoms with E-state index in [1.807, 2.05) is 12.1 Å². The van der Waals surface area contributed by atoms with Crippen molar-refractivity contribution in [3.8, 4) is 0 Å². The van der Waals surface area contributed by atoms with Gasteiger partial charge in [-0.25, -0.2) is 0 Å². The SMILES string of the molecule is Nc1cccc(Cl)c1SCc1ncno1. The summed E-state index contributed by atoms with van der Waals surface area (Å²) in [6.07, 6.45) is 1.37. The Kier molecular flexibility index (Phi) is 3.13. The molecule has 1 aromatic carbocycles. The minimum atomic E-state index is 0.555. The van der Waals surface area contributed by atoms with E-state index >= 15 is 0 Å². The van der Waals surface area contributed by atoms with Crippen LogP contribution in [-0.2, 0) is 5.75 Å². The molecule has 4 nitrogen and oxygen atoms in total. The molecule has 15 heavy (non-hydrogen) atoms. The van der Waals surface area contributed by atoms with Crippen LogP contribution in [0.2, 0.25) is 5.02 Å². The number of thioether (sulfide) groups is 1. The van der Waals surface area contributed by atoms with Crippen molar-refractivity contribution >= 4 is 29.1 Å². The minimum absolute atomic E-state index is 0.555. The van der Waals surface area contributed by atoms with Gasteiger partial charge in [-0.3, -0.25) is 0 Å². The van der Waals surface area contributed by atoms with Crippen LogP contribution in [0.3, 0.4) is 0 Å². The Morgan fingerprint density at radius 3 is 3.00 bits per heavy atom. The summed E-state index contributed by atoms with van der Waals surface area (Å²) < 4.78 is 4.87. The molecule has 6 heteroatoms. The van der Waals surface area contributed by atoms with Gasteiger partial charge in [0.2, 0.25) is 5.89 Å². The molecule has 0 aliphatic heterocycles. The van der Waals surface area contributed by atoms with Crippen molar-refractivity contribution in [3.63, 3.8) is 0 Å². The average Bonchev–Trinajstić information content (AvgIpc) is 2.70. The van der Waals surface area contributed by atoms with Gasteiger partial charge in [0.1, 0.15) is 0 Å². The molecular weight excluding hydrogens is 234 g/mol. The lowest BCUT2D eigenvalue weighted by molar-refractivity contribution is 0.390. The van der Waals surface area contributed by atoms with Crippen molar-refractivity contribution in [1.29, 1.82) is 0 Å². The maximum atomic E-state index is 6.00. The Morgan fingerprint density at radius 1 is 1.47 bits per heavy atom. The van der Waals surface area contributed by atoms with E-state index in [1.54, 1.807) is 6.07 Å². The van der Waals surface area contributed by atoms with Gasteiger partial charge in [0.15, 0.2) is 6.33 Å². The van der Waals surface area contributed by atoms with E-state index in [9.17, 15) is 0 Å². The van der Waals surface area contributed by atoms with E-state index in [4.69, 9.17) is 21.9 Å². The highest BCUT2D eigenvalue weighted by Gasteiger charge is 2.07. The fourth-order valence-corrected chi connectivity index (χ4v) is 2.25. The van der Waals surface area contributed by atoms with Crippen LogP contribution in [0, 0.1) is 0 Å². The molecule has 1 heterocycles. The molecule has 0 radical (unpaired) electrons. The zero-order valence-electron chi connectivity index (χ0n) is 7.68. The number of nitrogens with two attached hydrogens (primary N) is 1. The second-order valence-electron chi connectivity index (χ2n) is 2.78. The molecule has 0 atom stereocenters. The van der Waals surface area contributed by atoms with E-state index in [-0.39, 0.29) is 0 Å². The Hall–Kier alpha value is -1.20. The average molecular weight is 242 g/mol. The summed E-state index contributed by atoms with van der Waals surface area (Å²) in [7, 11) is 0. The number of rotatable bonds is 3. The van der Waals surface area contributed by atoms with Gasteiger partial charge in [-0.05, 0) is 12.1 Å². The number of benzene rings is 1. The van der Waals surface area contributed by atoms with E-state index < -0.39 is 0 Å². The van der Waals surface area contributed by atoms with Gasteiger partial charge in [-0.15, -0.1) is 11.8 Å². The molecule has 0 aliphatic rings. The molecule has 0 fully saturated rings. The molecule has 0 saturated carbocycles. The Morgan fingerprint density at radius 2 is 2.33 bits per heavy atom. The van der Waals surface area contributed by atoms with E-state index in [0.29, 0.717) is 22.4 Å². The van der Waals surface area contributed by atoms with Crippen LogP contribution in [0.1, 0.15) is 5.89 Å². The molecule has 0 spiro atoms. The van der Waals surface area contributed by atoms with Crippen LogP contribution in [0.4, 0.5) is 5.69 Å². The molecule has 0 amide bonds. The summed E-state index contributed by atoms with van der Waals surface area (Å²) in [4.78, 5) is 4.75. The number of halogens is 1. The molecule has 1 aromatic heterocycles.